The summed E-state index contributed by atoms with van der Waals surface area (Å²) in [6.07, 6.45) is 3.53. The van der Waals surface area contributed by atoms with Crippen LogP contribution in [0.1, 0.15) is 12.5 Å². The smallest absolute Gasteiger partial charge is 0.300 e. The van der Waals surface area contributed by atoms with E-state index in [1.54, 1.807) is 54.8 Å². The highest BCUT2D eigenvalue weighted by atomic mass is 35.5. The number of hydrogen-bond acceptors (Lipinski definition) is 9. The van der Waals surface area contributed by atoms with Crippen LogP contribution in [0, 0.1) is 0 Å². The highest BCUT2D eigenvalue weighted by molar-refractivity contribution is 7.22. The molecule has 9 nitrogen and oxygen atoms in total. The number of methoxy groups -OCH3 is 1. The second kappa shape index (κ2) is 12.2. The maximum Gasteiger partial charge on any atom is 0.300 e. The molecule has 1 N–H and O–H groups in total. The first-order chi connectivity index (χ1) is 20.4. The molecule has 0 bridgehead atoms. The largest absolute Gasteiger partial charge is 0.456 e. The number of nitrogens with one attached hydrogen (secondary N) is 1. The Morgan fingerprint density at radius 2 is 1.90 bits per heavy atom. The Morgan fingerprint density at radius 1 is 1.05 bits per heavy atom. The number of pyridine rings is 2. The minimum absolute atomic E-state index is 0.00279. The fourth-order valence-corrected chi connectivity index (χ4v) is 5.53. The van der Waals surface area contributed by atoms with Gasteiger partial charge in [0, 0.05) is 62.4 Å². The third-order valence-electron chi connectivity index (χ3n) is 6.52. The van der Waals surface area contributed by atoms with E-state index in [0.29, 0.717) is 53.3 Å². The van der Waals surface area contributed by atoms with Crippen molar-refractivity contribution in [3.63, 3.8) is 0 Å². The molecule has 0 unspecified atom stereocenters. The van der Waals surface area contributed by atoms with E-state index >= 15 is 0 Å². The number of carbonyl (C=O) groups is 1. The number of rotatable bonds is 10. The van der Waals surface area contributed by atoms with Crippen molar-refractivity contribution in [1.82, 2.24) is 19.9 Å². The molecule has 212 valence electrons. The van der Waals surface area contributed by atoms with Crippen LogP contribution in [0.4, 0.5) is 11.7 Å². The second-order valence-electron chi connectivity index (χ2n) is 9.50. The molecule has 11 heteroatoms. The van der Waals surface area contributed by atoms with Crippen molar-refractivity contribution in [1.29, 1.82) is 0 Å². The van der Waals surface area contributed by atoms with Gasteiger partial charge in [-0.3, -0.25) is 14.8 Å². The maximum atomic E-state index is 12.0. The number of amides is 1. The Hall–Kier alpha value is -4.51. The molecule has 0 saturated carbocycles. The summed E-state index contributed by atoms with van der Waals surface area (Å²) in [5, 5.41) is 3.80. The van der Waals surface area contributed by atoms with Crippen LogP contribution in [0.25, 0.3) is 31.9 Å². The lowest BCUT2D eigenvalue weighted by atomic mass is 10.2. The molecular weight excluding hydrogens is 574 g/mol. The SMILES string of the molecule is COCCN(Cc1ccc(-c2cc3nccc(Oc4ccc5oc(Nc6ccc(Cl)cc6)nc5c4)c3s2)nc1)C(C)=O. The van der Waals surface area contributed by atoms with E-state index in [2.05, 4.69) is 20.3 Å². The molecular formula is C31H26ClN5O4S. The van der Waals surface area contributed by atoms with Crippen LogP contribution in [0.15, 0.2) is 83.5 Å². The number of anilines is 2. The predicted octanol–water partition coefficient (Wildman–Crippen LogP) is 7.68. The number of ether oxygens (including phenoxy) is 2. The summed E-state index contributed by atoms with van der Waals surface area (Å²) in [6.45, 7) is 3.05. The van der Waals surface area contributed by atoms with Gasteiger partial charge >= 0.3 is 0 Å². The number of nitrogens with zero attached hydrogens (tertiary/aromatic N) is 4. The standard InChI is InChI=1S/C31H26ClN5O4S/c1-19(38)37(13-14-39-2)18-20-3-9-24(34-17-20)29-16-26-30(42-29)28(11-12-33-26)40-23-8-10-27-25(15-23)36-31(41-27)35-22-6-4-21(32)5-7-22/h3-12,15-17H,13-14,18H2,1-2H3,(H,35,36). The lowest BCUT2D eigenvalue weighted by molar-refractivity contribution is -0.130. The average Bonchev–Trinajstić information content (AvgIpc) is 3.61. The van der Waals surface area contributed by atoms with E-state index < -0.39 is 0 Å². The van der Waals surface area contributed by atoms with Gasteiger partial charge in [-0.15, -0.1) is 11.3 Å². The number of hydrogen-bond donors (Lipinski definition) is 1. The Kier molecular flexibility index (Phi) is 8.00. The molecule has 4 aromatic heterocycles. The van der Waals surface area contributed by atoms with Crippen LogP contribution in [-0.2, 0) is 16.1 Å². The molecule has 6 rings (SSSR count). The highest BCUT2D eigenvalue weighted by Crippen LogP contribution is 2.39. The van der Waals surface area contributed by atoms with Crippen molar-refractivity contribution in [2.24, 2.45) is 0 Å². The normalized spacial score (nSPS) is 11.2. The monoisotopic (exact) mass is 599 g/mol. The number of oxazole rings is 1. The average molecular weight is 600 g/mol. The van der Waals surface area contributed by atoms with Gasteiger partial charge in [0.2, 0.25) is 5.91 Å². The van der Waals surface area contributed by atoms with Crippen LogP contribution in [-0.4, -0.2) is 46.0 Å². The van der Waals surface area contributed by atoms with E-state index in [1.807, 2.05) is 54.6 Å². The zero-order valence-electron chi connectivity index (χ0n) is 22.8. The molecule has 0 atom stereocenters. The molecule has 0 aliphatic heterocycles. The summed E-state index contributed by atoms with van der Waals surface area (Å²) in [4.78, 5) is 28.4. The topological polar surface area (TPSA) is 103 Å². The number of thiophene rings is 1. The number of halogens is 1. The number of fused-ring (bicyclic) bond motifs is 2. The quantitative estimate of drug-likeness (QED) is 0.171. The van der Waals surface area contributed by atoms with Crippen molar-refractivity contribution in [2.75, 3.05) is 25.6 Å². The molecule has 6 aromatic rings. The van der Waals surface area contributed by atoms with Gasteiger partial charge < -0.3 is 24.1 Å². The number of aromatic nitrogens is 3. The molecule has 0 radical (unpaired) electrons. The Morgan fingerprint density at radius 3 is 2.67 bits per heavy atom. The van der Waals surface area contributed by atoms with Crippen LogP contribution in [0.2, 0.25) is 5.02 Å². The van der Waals surface area contributed by atoms with Crippen molar-refractivity contribution in [3.05, 3.63) is 89.7 Å². The molecule has 0 fully saturated rings. The minimum atomic E-state index is -0.00279. The summed E-state index contributed by atoms with van der Waals surface area (Å²) in [5.74, 6) is 1.31. The minimum Gasteiger partial charge on any atom is -0.456 e. The Bertz CT molecular complexity index is 1850. The van der Waals surface area contributed by atoms with Crippen LogP contribution in [0.3, 0.4) is 0 Å². The van der Waals surface area contributed by atoms with E-state index in [-0.39, 0.29) is 5.91 Å². The molecule has 0 spiro atoms. The first-order valence-corrected chi connectivity index (χ1v) is 14.3. The molecule has 0 aliphatic rings. The molecule has 4 heterocycles. The molecule has 1 amide bonds. The molecule has 0 saturated heterocycles. The van der Waals surface area contributed by atoms with Crippen LogP contribution < -0.4 is 10.1 Å². The van der Waals surface area contributed by atoms with Gasteiger partial charge in [-0.2, -0.15) is 4.98 Å². The van der Waals surface area contributed by atoms with Gasteiger partial charge in [-0.1, -0.05) is 17.7 Å². The van der Waals surface area contributed by atoms with Crippen molar-refractivity contribution >= 4 is 61.9 Å². The summed E-state index contributed by atoms with van der Waals surface area (Å²) >= 11 is 7.53. The van der Waals surface area contributed by atoms with E-state index in [4.69, 9.17) is 25.5 Å². The van der Waals surface area contributed by atoms with Gasteiger partial charge in [0.05, 0.1) is 27.4 Å². The van der Waals surface area contributed by atoms with Gasteiger partial charge in [-0.05, 0) is 54.1 Å². The summed E-state index contributed by atoms with van der Waals surface area (Å²) in [6, 6.07) is 21.0. The van der Waals surface area contributed by atoms with E-state index in [0.717, 1.165) is 32.0 Å². The number of benzene rings is 2. The third-order valence-corrected chi connectivity index (χ3v) is 7.93. The summed E-state index contributed by atoms with van der Waals surface area (Å²) in [7, 11) is 1.62. The Balaban J connectivity index is 1.19. The fraction of sp³-hybridized carbons (Fsp3) is 0.161. The van der Waals surface area contributed by atoms with Gasteiger partial charge in [0.1, 0.15) is 17.0 Å². The van der Waals surface area contributed by atoms with Crippen molar-refractivity contribution in [2.45, 2.75) is 13.5 Å². The van der Waals surface area contributed by atoms with Crippen molar-refractivity contribution < 1.29 is 18.7 Å². The van der Waals surface area contributed by atoms with E-state index in [1.165, 1.54) is 0 Å². The predicted molar refractivity (Wildman–Crippen MR) is 165 cm³/mol. The van der Waals surface area contributed by atoms with E-state index in [9.17, 15) is 4.79 Å². The van der Waals surface area contributed by atoms with Crippen molar-refractivity contribution in [3.8, 4) is 22.1 Å². The lowest BCUT2D eigenvalue weighted by Crippen LogP contribution is -2.31. The Labute approximate surface area is 250 Å². The lowest BCUT2D eigenvalue weighted by Gasteiger charge is -2.20. The van der Waals surface area contributed by atoms with Gasteiger partial charge in [-0.25, -0.2) is 0 Å². The summed E-state index contributed by atoms with van der Waals surface area (Å²) in [5.41, 5.74) is 4.71. The molecule has 42 heavy (non-hydrogen) atoms. The summed E-state index contributed by atoms with van der Waals surface area (Å²) < 4.78 is 18.2. The number of carbonyl (C=O) groups excluding carboxylic acids is 1. The zero-order valence-corrected chi connectivity index (χ0v) is 24.4. The van der Waals surface area contributed by atoms with Crippen LogP contribution in [0.5, 0.6) is 11.5 Å². The first-order valence-electron chi connectivity index (χ1n) is 13.1. The second-order valence-corrected chi connectivity index (χ2v) is 11.0. The van der Waals surface area contributed by atoms with Crippen LogP contribution >= 0.6 is 22.9 Å². The highest BCUT2D eigenvalue weighted by Gasteiger charge is 2.14. The first kappa shape index (κ1) is 27.6. The van der Waals surface area contributed by atoms with Gasteiger partial charge in [0.25, 0.3) is 6.01 Å². The maximum absolute atomic E-state index is 12.0. The third kappa shape index (κ3) is 6.20. The molecule has 2 aromatic carbocycles. The molecule has 0 aliphatic carbocycles. The fourth-order valence-electron chi connectivity index (χ4n) is 4.36. The zero-order chi connectivity index (χ0) is 29.1. The van der Waals surface area contributed by atoms with Gasteiger partial charge in [0.15, 0.2) is 5.58 Å².